The third-order valence-corrected chi connectivity index (χ3v) is 6.71. The highest BCUT2D eigenvalue weighted by Crippen LogP contribution is 2.28. The van der Waals surface area contributed by atoms with E-state index >= 15 is 0 Å². The van der Waals surface area contributed by atoms with Crippen LogP contribution in [-0.4, -0.2) is 48.9 Å². The summed E-state index contributed by atoms with van der Waals surface area (Å²) in [5.41, 5.74) is 3.57. The molecule has 2 N–H and O–H groups in total. The van der Waals surface area contributed by atoms with Crippen LogP contribution in [0.25, 0.3) is 0 Å². The van der Waals surface area contributed by atoms with Gasteiger partial charge in [0, 0.05) is 29.5 Å². The molecule has 2 saturated heterocycles. The molecule has 0 radical (unpaired) electrons. The van der Waals surface area contributed by atoms with Gasteiger partial charge in [-0.3, -0.25) is 14.5 Å². The molecule has 32 heavy (non-hydrogen) atoms. The zero-order valence-corrected chi connectivity index (χ0v) is 19.7. The first kappa shape index (κ1) is 22.9. The maximum Gasteiger partial charge on any atom is 0.241 e. The monoisotopic (exact) mass is 474 g/mol. The zero-order valence-electron chi connectivity index (χ0n) is 18.2. The van der Waals surface area contributed by atoms with Crippen LogP contribution in [0.4, 0.5) is 17.1 Å². The quantitative estimate of drug-likeness (QED) is 0.621. The minimum absolute atomic E-state index is 0.119. The van der Waals surface area contributed by atoms with E-state index in [-0.39, 0.29) is 24.4 Å². The van der Waals surface area contributed by atoms with Crippen LogP contribution in [-0.2, 0) is 9.59 Å². The summed E-state index contributed by atoms with van der Waals surface area (Å²) in [6.07, 6.45) is 4.02. The van der Waals surface area contributed by atoms with Crippen molar-refractivity contribution >= 4 is 52.1 Å². The first-order valence-corrected chi connectivity index (χ1v) is 11.8. The molecule has 0 aliphatic carbocycles. The molecule has 4 rings (SSSR count). The zero-order chi connectivity index (χ0) is 22.7. The minimum atomic E-state index is -0.369. The lowest BCUT2D eigenvalue weighted by Crippen LogP contribution is -2.43. The van der Waals surface area contributed by atoms with Crippen LogP contribution in [0.5, 0.6) is 0 Å². The number of halogens is 2. The number of nitrogens with one attached hydrogen (secondary N) is 2. The molecule has 170 valence electrons. The van der Waals surface area contributed by atoms with Gasteiger partial charge in [0.1, 0.15) is 0 Å². The Labute approximate surface area is 198 Å². The van der Waals surface area contributed by atoms with Crippen LogP contribution in [0.1, 0.15) is 31.2 Å². The highest BCUT2D eigenvalue weighted by Gasteiger charge is 2.32. The Kier molecular flexibility index (Phi) is 7.23. The Morgan fingerprint density at radius 2 is 1.72 bits per heavy atom. The molecular weight excluding hydrogens is 447 g/mol. The number of anilines is 3. The molecule has 1 atom stereocenters. The Hall–Kier alpha value is -2.28. The first-order valence-electron chi connectivity index (χ1n) is 11.1. The summed E-state index contributed by atoms with van der Waals surface area (Å²) >= 11 is 12.1. The van der Waals surface area contributed by atoms with Gasteiger partial charge >= 0.3 is 0 Å². The van der Waals surface area contributed by atoms with Crippen molar-refractivity contribution in [3.63, 3.8) is 0 Å². The van der Waals surface area contributed by atoms with E-state index in [0.717, 1.165) is 30.8 Å². The van der Waals surface area contributed by atoms with Gasteiger partial charge in [-0.1, -0.05) is 23.2 Å². The third-order valence-electron chi connectivity index (χ3n) is 6.16. The summed E-state index contributed by atoms with van der Waals surface area (Å²) in [4.78, 5) is 29.9. The van der Waals surface area contributed by atoms with Crippen molar-refractivity contribution in [2.45, 2.75) is 38.6 Å². The summed E-state index contributed by atoms with van der Waals surface area (Å²) in [5.74, 6) is -0.281. The summed E-state index contributed by atoms with van der Waals surface area (Å²) in [6, 6.07) is 10.8. The topological polar surface area (TPSA) is 64.7 Å². The number of carbonyl (C=O) groups is 2. The number of nitrogens with zero attached hydrogens (tertiary/aromatic N) is 2. The van der Waals surface area contributed by atoms with Gasteiger partial charge < -0.3 is 15.5 Å². The van der Waals surface area contributed by atoms with Gasteiger partial charge in [-0.05, 0) is 81.1 Å². The summed E-state index contributed by atoms with van der Waals surface area (Å²) in [5, 5.41) is 6.78. The lowest BCUT2D eigenvalue weighted by molar-refractivity contribution is -0.122. The molecule has 1 unspecified atom stereocenters. The van der Waals surface area contributed by atoms with Gasteiger partial charge in [0.15, 0.2) is 0 Å². The summed E-state index contributed by atoms with van der Waals surface area (Å²) in [6.45, 7) is 5.05. The minimum Gasteiger partial charge on any atom is -0.372 e. The van der Waals surface area contributed by atoms with Crippen LogP contribution in [0.3, 0.4) is 0 Å². The van der Waals surface area contributed by atoms with E-state index in [1.807, 2.05) is 17.9 Å². The van der Waals surface area contributed by atoms with Crippen LogP contribution < -0.4 is 15.5 Å². The molecule has 0 aromatic heterocycles. The number of carbonyl (C=O) groups excluding carboxylic acids is 2. The van der Waals surface area contributed by atoms with Crippen molar-refractivity contribution in [3.8, 4) is 0 Å². The predicted octanol–water partition coefficient (Wildman–Crippen LogP) is 4.94. The van der Waals surface area contributed by atoms with Crippen LogP contribution in [0.2, 0.25) is 10.0 Å². The fourth-order valence-electron chi connectivity index (χ4n) is 4.45. The molecule has 2 aromatic rings. The SMILES string of the molecule is Cc1cc(N2CCCC2)ccc1NC(=O)CN1CCCC1C(=O)Nc1ccc(Cl)cc1Cl. The maximum absolute atomic E-state index is 12.8. The highest BCUT2D eigenvalue weighted by molar-refractivity contribution is 6.36. The van der Waals surface area contributed by atoms with Gasteiger partial charge in [0.05, 0.1) is 23.3 Å². The van der Waals surface area contributed by atoms with E-state index in [4.69, 9.17) is 23.2 Å². The number of hydrogen-bond donors (Lipinski definition) is 2. The standard InChI is InChI=1S/C24H28Cl2N4O2/c1-16-13-18(29-10-2-3-11-29)7-9-20(16)27-23(31)15-30-12-4-5-22(30)24(32)28-21-8-6-17(25)14-19(21)26/h6-9,13-14,22H,2-5,10-12,15H2,1H3,(H,27,31)(H,28,32). The predicted molar refractivity (Wildman–Crippen MR) is 131 cm³/mol. The fourth-order valence-corrected chi connectivity index (χ4v) is 4.91. The van der Waals surface area contributed by atoms with Crippen molar-refractivity contribution in [1.29, 1.82) is 0 Å². The summed E-state index contributed by atoms with van der Waals surface area (Å²) < 4.78 is 0. The fraction of sp³-hybridized carbons (Fsp3) is 0.417. The molecule has 2 amide bonds. The lowest BCUT2D eigenvalue weighted by Gasteiger charge is -2.24. The van der Waals surface area contributed by atoms with Crippen LogP contribution in [0.15, 0.2) is 36.4 Å². The number of rotatable bonds is 6. The van der Waals surface area contributed by atoms with Gasteiger partial charge in [-0.2, -0.15) is 0 Å². The molecule has 2 aliphatic heterocycles. The van der Waals surface area contributed by atoms with E-state index in [9.17, 15) is 9.59 Å². The molecule has 0 spiro atoms. The number of aryl methyl sites for hydroxylation is 1. The molecule has 2 aromatic carbocycles. The van der Waals surface area contributed by atoms with Crippen molar-refractivity contribution in [3.05, 3.63) is 52.0 Å². The lowest BCUT2D eigenvalue weighted by atomic mass is 10.1. The molecular formula is C24H28Cl2N4O2. The second kappa shape index (κ2) is 10.1. The molecule has 8 heteroatoms. The van der Waals surface area contributed by atoms with Crippen LogP contribution >= 0.6 is 23.2 Å². The molecule has 6 nitrogen and oxygen atoms in total. The van der Waals surface area contributed by atoms with Crippen molar-refractivity contribution < 1.29 is 9.59 Å². The van der Waals surface area contributed by atoms with E-state index in [1.54, 1.807) is 18.2 Å². The molecule has 2 fully saturated rings. The smallest absolute Gasteiger partial charge is 0.241 e. The van der Waals surface area contributed by atoms with Gasteiger partial charge in [0.2, 0.25) is 11.8 Å². The average molecular weight is 475 g/mol. The largest absolute Gasteiger partial charge is 0.372 e. The molecule has 2 aliphatic rings. The first-order chi connectivity index (χ1) is 15.4. The van der Waals surface area contributed by atoms with Gasteiger partial charge in [-0.15, -0.1) is 0 Å². The summed E-state index contributed by atoms with van der Waals surface area (Å²) in [7, 11) is 0. The second-order valence-corrected chi connectivity index (χ2v) is 9.33. The number of likely N-dealkylation sites (tertiary alicyclic amines) is 1. The molecule has 2 heterocycles. The number of amides is 2. The van der Waals surface area contributed by atoms with Crippen LogP contribution in [0, 0.1) is 6.92 Å². The van der Waals surface area contributed by atoms with Crippen molar-refractivity contribution in [2.75, 3.05) is 41.7 Å². The van der Waals surface area contributed by atoms with E-state index < -0.39 is 0 Å². The Morgan fingerprint density at radius 1 is 0.969 bits per heavy atom. The Bertz CT molecular complexity index is 1010. The van der Waals surface area contributed by atoms with E-state index in [2.05, 4.69) is 27.7 Å². The Morgan fingerprint density at radius 3 is 2.44 bits per heavy atom. The van der Waals surface area contributed by atoms with Crippen molar-refractivity contribution in [2.24, 2.45) is 0 Å². The molecule has 0 saturated carbocycles. The van der Waals surface area contributed by atoms with Gasteiger partial charge in [-0.25, -0.2) is 0 Å². The second-order valence-electron chi connectivity index (χ2n) is 8.48. The van der Waals surface area contributed by atoms with E-state index in [0.29, 0.717) is 28.7 Å². The Balaban J connectivity index is 1.35. The molecule has 0 bridgehead atoms. The van der Waals surface area contributed by atoms with Crippen molar-refractivity contribution in [1.82, 2.24) is 4.90 Å². The van der Waals surface area contributed by atoms with E-state index in [1.165, 1.54) is 18.5 Å². The number of hydrogen-bond acceptors (Lipinski definition) is 4. The maximum atomic E-state index is 12.8. The third kappa shape index (κ3) is 5.37. The van der Waals surface area contributed by atoms with Gasteiger partial charge in [0.25, 0.3) is 0 Å². The number of benzene rings is 2. The highest BCUT2D eigenvalue weighted by atomic mass is 35.5. The average Bonchev–Trinajstić information content (AvgIpc) is 3.44. The normalized spacial score (nSPS) is 18.7.